The molecule has 0 radical (unpaired) electrons. The molecule has 0 aliphatic rings. The molecule has 0 aliphatic heterocycles. The highest BCUT2D eigenvalue weighted by molar-refractivity contribution is 4.64. The van der Waals surface area contributed by atoms with Gasteiger partial charge in [-0.3, -0.25) is 0 Å². The van der Waals surface area contributed by atoms with E-state index in [-0.39, 0.29) is 12.6 Å². The molecule has 3 nitrogen and oxygen atoms in total. The third-order valence-corrected chi connectivity index (χ3v) is 11.3. The van der Waals surface area contributed by atoms with Crippen molar-refractivity contribution in [2.75, 3.05) is 13.2 Å². The second-order valence-corrected chi connectivity index (χ2v) is 17.4. The van der Waals surface area contributed by atoms with Gasteiger partial charge in [0, 0.05) is 13.2 Å². The summed E-state index contributed by atoms with van der Waals surface area (Å²) in [5, 5.41) is 0. The minimum Gasteiger partial charge on any atom is -0.353 e. The summed E-state index contributed by atoms with van der Waals surface area (Å²) in [7, 11) is 0. The molecule has 0 fully saturated rings. The first-order valence-electron chi connectivity index (χ1n) is 23.7. The lowest BCUT2D eigenvalue weighted by Gasteiger charge is -2.26. The van der Waals surface area contributed by atoms with E-state index in [4.69, 9.17) is 14.2 Å². The largest absolute Gasteiger partial charge is 0.353 e. The zero-order valence-electron chi connectivity index (χ0n) is 36.7. The number of rotatable bonds is 42. The van der Waals surface area contributed by atoms with Gasteiger partial charge in [0.05, 0.1) is 0 Å². The van der Waals surface area contributed by atoms with Crippen molar-refractivity contribution in [1.29, 1.82) is 0 Å². The fraction of sp³-hybridized carbons (Fsp3) is 1.00. The number of ether oxygens (including phenoxy) is 3. The van der Waals surface area contributed by atoms with Crippen LogP contribution >= 0.6 is 0 Å². The highest BCUT2D eigenvalue weighted by Crippen LogP contribution is 2.26. The molecule has 0 aromatic rings. The van der Waals surface area contributed by atoms with E-state index in [1.165, 1.54) is 180 Å². The van der Waals surface area contributed by atoms with Gasteiger partial charge in [-0.1, -0.05) is 209 Å². The van der Waals surface area contributed by atoms with Gasteiger partial charge >= 0.3 is 0 Å². The minimum atomic E-state index is -0.137. The maximum absolute atomic E-state index is 6.57. The molecule has 0 rings (SSSR count). The van der Waals surface area contributed by atoms with Crippen molar-refractivity contribution >= 4 is 0 Å². The summed E-state index contributed by atoms with van der Waals surface area (Å²) >= 11 is 0. The van der Waals surface area contributed by atoms with Gasteiger partial charge in [0.2, 0.25) is 0 Å². The van der Waals surface area contributed by atoms with E-state index < -0.39 is 0 Å². The summed E-state index contributed by atoms with van der Waals surface area (Å²) < 4.78 is 19.1. The molecule has 0 aromatic carbocycles. The van der Waals surface area contributed by atoms with E-state index in [2.05, 4.69) is 55.4 Å². The zero-order valence-corrected chi connectivity index (χ0v) is 36.7. The van der Waals surface area contributed by atoms with Gasteiger partial charge in [-0.15, -0.1) is 0 Å². The van der Waals surface area contributed by atoms with Crippen LogP contribution in [0.3, 0.4) is 0 Å². The third-order valence-electron chi connectivity index (χ3n) is 11.3. The molecule has 3 heteroatoms. The molecule has 0 N–H and O–H groups in total. The van der Waals surface area contributed by atoms with Crippen molar-refractivity contribution in [3.8, 4) is 0 Å². The van der Waals surface area contributed by atoms with Gasteiger partial charge in [0.1, 0.15) is 0 Å². The van der Waals surface area contributed by atoms with Crippen LogP contribution in [0.15, 0.2) is 0 Å². The smallest absolute Gasteiger partial charge is 0.160 e. The minimum absolute atomic E-state index is 0.137. The van der Waals surface area contributed by atoms with E-state index in [9.17, 15) is 0 Å². The van der Waals surface area contributed by atoms with E-state index in [0.29, 0.717) is 0 Å². The predicted molar refractivity (Wildman–Crippen MR) is 228 cm³/mol. The molecule has 0 spiro atoms. The summed E-state index contributed by atoms with van der Waals surface area (Å²) in [6.07, 6.45) is 42.8. The fourth-order valence-corrected chi connectivity index (χ4v) is 8.12. The summed E-state index contributed by atoms with van der Waals surface area (Å²) in [5.41, 5.74) is 0. The van der Waals surface area contributed by atoms with Crippen LogP contribution in [0.2, 0.25) is 0 Å². The van der Waals surface area contributed by atoms with Crippen molar-refractivity contribution in [2.24, 2.45) is 23.7 Å². The molecule has 0 amide bonds. The van der Waals surface area contributed by atoms with Crippen LogP contribution in [0, 0.1) is 23.7 Å². The quantitative estimate of drug-likeness (QED) is 0.0464. The van der Waals surface area contributed by atoms with Gasteiger partial charge in [-0.05, 0) is 75.0 Å². The first-order valence-corrected chi connectivity index (χ1v) is 23.7. The molecule has 0 saturated heterocycles. The Hall–Kier alpha value is -0.120. The number of hydrogen-bond acceptors (Lipinski definition) is 3. The number of unbranched alkanes of at least 4 members (excludes halogenated alkanes) is 18. The van der Waals surface area contributed by atoms with Crippen LogP contribution in [0.4, 0.5) is 0 Å². The highest BCUT2D eigenvalue weighted by Gasteiger charge is 2.19. The topological polar surface area (TPSA) is 27.7 Å². The molecule has 308 valence electrons. The first-order chi connectivity index (χ1) is 24.9. The molecule has 0 aromatic heterocycles. The molecule has 6 atom stereocenters. The molecular formula is C48H98O3. The predicted octanol–water partition coefficient (Wildman–Crippen LogP) is 16.8. The molecule has 6 unspecified atom stereocenters. The van der Waals surface area contributed by atoms with Gasteiger partial charge < -0.3 is 14.2 Å². The average molecular weight is 723 g/mol. The molecule has 0 saturated carbocycles. The molecular weight excluding hydrogens is 625 g/mol. The molecule has 0 aliphatic carbocycles. The molecule has 0 bridgehead atoms. The van der Waals surface area contributed by atoms with Crippen LogP contribution in [0.5, 0.6) is 0 Å². The Morgan fingerprint density at radius 2 is 0.569 bits per heavy atom. The lowest BCUT2D eigenvalue weighted by atomic mass is 9.89. The van der Waals surface area contributed by atoms with Crippen molar-refractivity contribution in [2.45, 2.75) is 273 Å². The Labute approximate surface area is 323 Å². The van der Waals surface area contributed by atoms with E-state index >= 15 is 0 Å². The summed E-state index contributed by atoms with van der Waals surface area (Å²) in [5.74, 6) is 3.23. The summed E-state index contributed by atoms with van der Waals surface area (Å²) in [6.45, 7) is 20.4. The highest BCUT2D eigenvalue weighted by atomic mass is 16.8. The zero-order chi connectivity index (χ0) is 37.6. The average Bonchev–Trinajstić information content (AvgIpc) is 3.10. The third kappa shape index (κ3) is 36.6. The van der Waals surface area contributed by atoms with Crippen LogP contribution in [0.25, 0.3) is 0 Å². The second-order valence-electron chi connectivity index (χ2n) is 17.4. The van der Waals surface area contributed by atoms with Crippen molar-refractivity contribution in [3.05, 3.63) is 0 Å². The van der Waals surface area contributed by atoms with E-state index in [1.807, 2.05) is 0 Å². The van der Waals surface area contributed by atoms with Crippen LogP contribution < -0.4 is 0 Å². The van der Waals surface area contributed by atoms with E-state index in [1.54, 1.807) is 0 Å². The summed E-state index contributed by atoms with van der Waals surface area (Å²) in [4.78, 5) is 0. The Kier molecular flexibility index (Phi) is 39.5. The normalized spacial score (nSPS) is 15.5. The maximum atomic E-state index is 6.57. The maximum Gasteiger partial charge on any atom is 0.160 e. The molecule has 51 heavy (non-hydrogen) atoms. The Bertz CT molecular complexity index is 598. The van der Waals surface area contributed by atoms with Gasteiger partial charge in [0.25, 0.3) is 0 Å². The Balaban J connectivity index is 4.30. The number of hydrogen-bond donors (Lipinski definition) is 0. The monoisotopic (exact) mass is 723 g/mol. The fourth-order valence-electron chi connectivity index (χ4n) is 8.12. The van der Waals surface area contributed by atoms with Crippen molar-refractivity contribution < 1.29 is 14.2 Å². The van der Waals surface area contributed by atoms with Gasteiger partial charge in [-0.2, -0.15) is 0 Å². The van der Waals surface area contributed by atoms with Crippen LogP contribution in [-0.4, -0.2) is 25.8 Å². The molecule has 0 heterocycles. The lowest BCUT2D eigenvalue weighted by molar-refractivity contribution is -0.250. The first kappa shape index (κ1) is 50.9. The standard InChI is InChI=1S/C48H98O3/c1-9-13-15-17-19-21-23-25-27-29-33-43(5)41-45(7)35-31-37-47(49-39-11-3)51-48(50-40-12-4)38-32-36-46(8)42-44(6)34-30-28-26-24-22-20-18-16-14-10-2/h43-48H,9-42H2,1-8H3. The van der Waals surface area contributed by atoms with Crippen molar-refractivity contribution in [3.63, 3.8) is 0 Å². The van der Waals surface area contributed by atoms with Crippen molar-refractivity contribution in [1.82, 2.24) is 0 Å². The van der Waals surface area contributed by atoms with Crippen LogP contribution in [-0.2, 0) is 14.2 Å². The van der Waals surface area contributed by atoms with Gasteiger partial charge in [0.15, 0.2) is 12.6 Å². The Morgan fingerprint density at radius 3 is 0.863 bits per heavy atom. The van der Waals surface area contributed by atoms with Gasteiger partial charge in [-0.25, -0.2) is 0 Å². The lowest BCUT2D eigenvalue weighted by Crippen LogP contribution is -2.28. The van der Waals surface area contributed by atoms with Crippen LogP contribution in [0.1, 0.15) is 261 Å². The second kappa shape index (κ2) is 39.6. The Morgan fingerprint density at radius 1 is 0.294 bits per heavy atom. The van der Waals surface area contributed by atoms with E-state index in [0.717, 1.165) is 62.6 Å². The summed E-state index contributed by atoms with van der Waals surface area (Å²) in [6, 6.07) is 0. The SMILES string of the molecule is CCCCCCCCCCCCC(C)CC(C)CCCC(OCCC)OC(CCCC(C)CC(C)CCCCCCCCCCCC)OCCC.